The molecule has 148 valence electrons. The van der Waals surface area contributed by atoms with E-state index >= 15 is 0 Å². The number of rotatable bonds is 6. The third kappa shape index (κ3) is 4.68. The number of alkyl carbamates (subject to hydrolysis) is 1. The second-order valence-corrected chi connectivity index (χ2v) is 8.15. The normalized spacial score (nSPS) is 27.6. The molecule has 0 radical (unpaired) electrons. The number of carbonyl (C=O) groups is 2. The summed E-state index contributed by atoms with van der Waals surface area (Å²) in [5.41, 5.74) is 0.430. The molecular weight excluding hydrogens is 336 g/mol. The second kappa shape index (κ2) is 8.27. The van der Waals surface area contributed by atoms with Gasteiger partial charge in [0.15, 0.2) is 0 Å². The Labute approximate surface area is 155 Å². The maximum absolute atomic E-state index is 12.3. The largest absolute Gasteiger partial charge is 0.469 e. The number of ether oxygens (including phenoxy) is 2. The average molecular weight is 368 g/mol. The molecule has 7 nitrogen and oxygen atoms in total. The molecule has 1 saturated carbocycles. The summed E-state index contributed by atoms with van der Waals surface area (Å²) in [5, 5.41) is 7.34. The molecule has 0 unspecified atom stereocenters. The van der Waals surface area contributed by atoms with Crippen molar-refractivity contribution < 1.29 is 23.9 Å². The van der Waals surface area contributed by atoms with Crippen LogP contribution in [-0.4, -0.2) is 42.6 Å². The van der Waals surface area contributed by atoms with Gasteiger partial charge in [0.25, 0.3) is 0 Å². The number of esters is 1. The number of oxime groups is 1. The number of hydrogen-bond acceptors (Lipinski definition) is 6. The Bertz CT molecular complexity index is 551. The van der Waals surface area contributed by atoms with Gasteiger partial charge in [0.05, 0.1) is 25.2 Å². The Morgan fingerprint density at radius 2 is 1.96 bits per heavy atom. The molecule has 0 aromatic rings. The predicted octanol–water partition coefficient (Wildman–Crippen LogP) is 3.27. The van der Waals surface area contributed by atoms with Crippen LogP contribution in [0.25, 0.3) is 0 Å². The fourth-order valence-corrected chi connectivity index (χ4v) is 4.00. The molecule has 0 aromatic carbocycles. The summed E-state index contributed by atoms with van der Waals surface area (Å²) in [5.74, 6) is -0.0267. The van der Waals surface area contributed by atoms with Crippen molar-refractivity contribution in [3.63, 3.8) is 0 Å². The summed E-state index contributed by atoms with van der Waals surface area (Å²) in [6.07, 6.45) is 2.17. The number of carbonyl (C=O) groups excluding carboxylic acids is 2. The molecule has 4 atom stereocenters. The van der Waals surface area contributed by atoms with Crippen LogP contribution in [0.4, 0.5) is 4.79 Å². The molecule has 0 saturated heterocycles. The van der Waals surface area contributed by atoms with Gasteiger partial charge in [-0.05, 0) is 40.0 Å². The quantitative estimate of drug-likeness (QED) is 0.727. The van der Waals surface area contributed by atoms with Crippen molar-refractivity contribution in [2.75, 3.05) is 7.11 Å². The van der Waals surface area contributed by atoms with Crippen LogP contribution < -0.4 is 5.32 Å². The van der Waals surface area contributed by atoms with Gasteiger partial charge < -0.3 is 19.6 Å². The zero-order chi connectivity index (χ0) is 19.5. The van der Waals surface area contributed by atoms with Crippen LogP contribution in [0, 0.1) is 17.8 Å². The number of fused-ring (bicyclic) bond motifs is 1. The Morgan fingerprint density at radius 3 is 2.50 bits per heavy atom. The van der Waals surface area contributed by atoms with E-state index in [0.29, 0.717) is 12.3 Å². The Kier molecular flexibility index (Phi) is 6.53. The maximum Gasteiger partial charge on any atom is 0.407 e. The SMILES string of the molecule is CCC(CC)C1=NO[C@@H]2[C@@H](CC(=O)OC)C[C@@H](NC(=O)OC(C)(C)C)[C@H]12. The molecule has 7 heteroatoms. The first-order valence-electron chi connectivity index (χ1n) is 9.50. The first-order valence-corrected chi connectivity index (χ1v) is 9.50. The van der Waals surface area contributed by atoms with Crippen LogP contribution in [0.2, 0.25) is 0 Å². The summed E-state index contributed by atoms with van der Waals surface area (Å²) in [6.45, 7) is 9.75. The minimum Gasteiger partial charge on any atom is -0.469 e. The van der Waals surface area contributed by atoms with E-state index in [0.717, 1.165) is 18.6 Å². The lowest BCUT2D eigenvalue weighted by Crippen LogP contribution is -2.45. The van der Waals surface area contributed by atoms with Crippen molar-refractivity contribution in [1.29, 1.82) is 0 Å². The fraction of sp³-hybridized carbons (Fsp3) is 0.842. The van der Waals surface area contributed by atoms with Gasteiger partial charge in [-0.25, -0.2) is 4.79 Å². The molecule has 0 aromatic heterocycles. The van der Waals surface area contributed by atoms with Gasteiger partial charge in [-0.2, -0.15) is 0 Å². The van der Waals surface area contributed by atoms with E-state index in [1.54, 1.807) is 0 Å². The molecular formula is C19H32N2O5. The highest BCUT2D eigenvalue weighted by atomic mass is 16.6. The fourth-order valence-electron chi connectivity index (χ4n) is 4.00. The van der Waals surface area contributed by atoms with Crippen molar-refractivity contribution >= 4 is 17.8 Å². The Morgan fingerprint density at radius 1 is 1.31 bits per heavy atom. The smallest absolute Gasteiger partial charge is 0.407 e. The highest BCUT2D eigenvalue weighted by molar-refractivity contribution is 5.91. The lowest BCUT2D eigenvalue weighted by molar-refractivity contribution is -0.142. The van der Waals surface area contributed by atoms with Crippen LogP contribution >= 0.6 is 0 Å². The summed E-state index contributed by atoms with van der Waals surface area (Å²) in [7, 11) is 1.38. The first kappa shape index (κ1) is 20.5. The number of hydrogen-bond donors (Lipinski definition) is 1. The van der Waals surface area contributed by atoms with Gasteiger partial charge in [0.2, 0.25) is 0 Å². The van der Waals surface area contributed by atoms with Crippen LogP contribution in [0.3, 0.4) is 0 Å². The van der Waals surface area contributed by atoms with Crippen molar-refractivity contribution in [2.24, 2.45) is 22.9 Å². The molecule has 2 rings (SSSR count). The summed E-state index contributed by atoms with van der Waals surface area (Å²) >= 11 is 0. The molecule has 1 N–H and O–H groups in total. The molecule has 0 spiro atoms. The van der Waals surface area contributed by atoms with Crippen molar-refractivity contribution in [3.8, 4) is 0 Å². The lowest BCUT2D eigenvalue weighted by Gasteiger charge is -2.26. The van der Waals surface area contributed by atoms with Crippen LogP contribution in [0.15, 0.2) is 5.16 Å². The van der Waals surface area contributed by atoms with Crippen molar-refractivity contribution in [2.45, 2.75) is 78.0 Å². The first-order chi connectivity index (χ1) is 12.2. The Balaban J connectivity index is 2.17. The van der Waals surface area contributed by atoms with E-state index < -0.39 is 11.7 Å². The summed E-state index contributed by atoms with van der Waals surface area (Å²) < 4.78 is 10.2. The average Bonchev–Trinajstić information content (AvgIpc) is 3.10. The molecule has 1 heterocycles. The van der Waals surface area contributed by atoms with Crippen LogP contribution in [-0.2, 0) is 19.1 Å². The zero-order valence-electron chi connectivity index (χ0n) is 16.7. The minimum atomic E-state index is -0.564. The van der Waals surface area contributed by atoms with Crippen molar-refractivity contribution in [1.82, 2.24) is 5.32 Å². The van der Waals surface area contributed by atoms with Gasteiger partial charge >= 0.3 is 12.1 Å². The standard InChI is InChI=1S/C19H32N2O5/c1-7-11(8-2)16-15-13(20-18(23)25-19(3,4)5)9-12(10-14(22)24-6)17(15)26-21-16/h11-13,15,17H,7-10H2,1-6H3,(H,20,23)/t12-,13-,15-,17-/m1/s1. The van der Waals surface area contributed by atoms with E-state index in [2.05, 4.69) is 24.3 Å². The van der Waals surface area contributed by atoms with Crippen LogP contribution in [0.1, 0.15) is 60.3 Å². The highest BCUT2D eigenvalue weighted by Crippen LogP contribution is 2.43. The van der Waals surface area contributed by atoms with Gasteiger partial charge in [-0.15, -0.1) is 0 Å². The molecule has 1 amide bonds. The van der Waals surface area contributed by atoms with Gasteiger partial charge in [0, 0.05) is 17.9 Å². The van der Waals surface area contributed by atoms with Gasteiger partial charge in [0.1, 0.15) is 11.7 Å². The van der Waals surface area contributed by atoms with E-state index in [4.69, 9.17) is 14.3 Å². The molecule has 1 aliphatic carbocycles. The van der Waals surface area contributed by atoms with E-state index in [-0.39, 0.29) is 36.4 Å². The maximum atomic E-state index is 12.3. The summed E-state index contributed by atoms with van der Waals surface area (Å²) in [4.78, 5) is 29.8. The highest BCUT2D eigenvalue weighted by Gasteiger charge is 2.53. The van der Waals surface area contributed by atoms with Gasteiger partial charge in [-0.1, -0.05) is 19.0 Å². The molecule has 1 aliphatic heterocycles. The lowest BCUT2D eigenvalue weighted by atomic mass is 9.84. The number of amides is 1. The minimum absolute atomic E-state index is 0.0259. The number of nitrogens with zero attached hydrogens (tertiary/aromatic N) is 1. The third-order valence-electron chi connectivity index (χ3n) is 5.19. The van der Waals surface area contributed by atoms with E-state index in [9.17, 15) is 9.59 Å². The molecule has 0 bridgehead atoms. The van der Waals surface area contributed by atoms with E-state index in [1.807, 2.05) is 20.8 Å². The topological polar surface area (TPSA) is 86.2 Å². The number of nitrogens with one attached hydrogen (secondary N) is 1. The van der Waals surface area contributed by atoms with Gasteiger partial charge in [-0.3, -0.25) is 4.79 Å². The predicted molar refractivity (Wildman–Crippen MR) is 97.8 cm³/mol. The monoisotopic (exact) mass is 368 g/mol. The molecule has 2 aliphatic rings. The van der Waals surface area contributed by atoms with Crippen LogP contribution in [0.5, 0.6) is 0 Å². The summed E-state index contributed by atoms with van der Waals surface area (Å²) in [6, 6.07) is -0.161. The third-order valence-corrected chi connectivity index (χ3v) is 5.19. The molecule has 26 heavy (non-hydrogen) atoms. The second-order valence-electron chi connectivity index (χ2n) is 8.15. The molecule has 1 fully saturated rings. The number of methoxy groups -OCH3 is 1. The van der Waals surface area contributed by atoms with Crippen molar-refractivity contribution in [3.05, 3.63) is 0 Å². The zero-order valence-corrected chi connectivity index (χ0v) is 16.7. The van der Waals surface area contributed by atoms with E-state index in [1.165, 1.54) is 7.11 Å². The Hall–Kier alpha value is -1.79.